The third-order valence-electron chi connectivity index (χ3n) is 4.24. The van der Waals surface area contributed by atoms with Crippen molar-refractivity contribution in [2.24, 2.45) is 23.2 Å². The number of rotatable bonds is 3. The van der Waals surface area contributed by atoms with Gasteiger partial charge in [-0.25, -0.2) is 0 Å². The Morgan fingerprint density at radius 3 is 1.45 bits per heavy atom. The Labute approximate surface area is 71.4 Å². The smallest absolute Gasteiger partial charge is 0.0297 e. The van der Waals surface area contributed by atoms with Crippen LogP contribution in [0.1, 0.15) is 47.5 Å². The first-order valence-electron chi connectivity index (χ1n) is 5.06. The molecule has 0 saturated heterocycles. The summed E-state index contributed by atoms with van der Waals surface area (Å²) in [6, 6.07) is 0. The quantitative estimate of drug-likeness (QED) is 0.581. The first-order valence-corrected chi connectivity index (χ1v) is 5.06. The molecule has 1 rings (SSSR count). The van der Waals surface area contributed by atoms with E-state index in [1.54, 1.807) is 0 Å². The second-order valence-electron chi connectivity index (χ2n) is 4.61. The molecule has 0 aromatic rings. The number of hydrogen-bond donors (Lipinski definition) is 0. The van der Waals surface area contributed by atoms with Gasteiger partial charge in [-0.1, -0.05) is 47.5 Å². The molecule has 0 nitrogen and oxygen atoms in total. The van der Waals surface area contributed by atoms with Crippen LogP contribution in [0.3, 0.4) is 0 Å². The molecule has 1 fully saturated rings. The molecular weight excluding hydrogens is 132 g/mol. The van der Waals surface area contributed by atoms with Crippen LogP contribution in [0.4, 0.5) is 0 Å². The number of hydrogen-bond acceptors (Lipinski definition) is 0. The lowest BCUT2D eigenvalue weighted by molar-refractivity contribution is 0.230. The maximum atomic E-state index is 2.46. The standard InChI is InChI=1S/C11H22/c1-6-11(5,7-2)10-8(3)9(10)4/h8-10H,6-7H2,1-5H3. The molecule has 0 aromatic heterocycles. The molecule has 1 aliphatic rings. The summed E-state index contributed by atoms with van der Waals surface area (Å²) in [5.74, 6) is 2.98. The average Bonchev–Trinajstić information content (AvgIpc) is 2.60. The van der Waals surface area contributed by atoms with Crippen molar-refractivity contribution in [1.82, 2.24) is 0 Å². The highest BCUT2D eigenvalue weighted by Crippen LogP contribution is 2.58. The molecule has 0 bridgehead atoms. The Morgan fingerprint density at radius 2 is 1.36 bits per heavy atom. The predicted molar refractivity (Wildman–Crippen MR) is 50.5 cm³/mol. The lowest BCUT2D eigenvalue weighted by atomic mass is 9.78. The molecule has 2 unspecified atom stereocenters. The van der Waals surface area contributed by atoms with Crippen molar-refractivity contribution < 1.29 is 0 Å². The fraction of sp³-hybridized carbons (Fsp3) is 1.00. The fourth-order valence-corrected chi connectivity index (χ4v) is 2.65. The molecule has 1 saturated carbocycles. The summed E-state index contributed by atoms with van der Waals surface area (Å²) in [5, 5.41) is 0. The first-order chi connectivity index (χ1) is 5.06. The molecule has 0 heterocycles. The summed E-state index contributed by atoms with van der Waals surface area (Å²) in [6.45, 7) is 11.9. The third-order valence-corrected chi connectivity index (χ3v) is 4.24. The van der Waals surface area contributed by atoms with Crippen molar-refractivity contribution in [3.8, 4) is 0 Å². The van der Waals surface area contributed by atoms with Gasteiger partial charge in [0, 0.05) is 0 Å². The average molecular weight is 154 g/mol. The van der Waals surface area contributed by atoms with E-state index in [-0.39, 0.29) is 0 Å². The first kappa shape index (κ1) is 9.09. The monoisotopic (exact) mass is 154 g/mol. The zero-order valence-electron chi connectivity index (χ0n) is 8.65. The van der Waals surface area contributed by atoms with E-state index in [0.29, 0.717) is 5.41 Å². The van der Waals surface area contributed by atoms with Gasteiger partial charge in [0.1, 0.15) is 0 Å². The summed E-state index contributed by atoms with van der Waals surface area (Å²) >= 11 is 0. The van der Waals surface area contributed by atoms with Gasteiger partial charge in [0.05, 0.1) is 0 Å². The van der Waals surface area contributed by atoms with Gasteiger partial charge < -0.3 is 0 Å². The second-order valence-corrected chi connectivity index (χ2v) is 4.61. The largest absolute Gasteiger partial charge is 0.0649 e. The molecule has 0 radical (unpaired) electrons. The molecule has 1 aliphatic carbocycles. The van der Waals surface area contributed by atoms with Crippen LogP contribution in [0.5, 0.6) is 0 Å². The third kappa shape index (κ3) is 1.32. The Kier molecular flexibility index (Phi) is 2.32. The van der Waals surface area contributed by atoms with Crippen LogP contribution in [0.15, 0.2) is 0 Å². The summed E-state index contributed by atoms with van der Waals surface area (Å²) < 4.78 is 0. The maximum absolute atomic E-state index is 2.46. The van der Waals surface area contributed by atoms with Crippen LogP contribution in [-0.2, 0) is 0 Å². The summed E-state index contributed by atoms with van der Waals surface area (Å²) in [6.07, 6.45) is 2.70. The summed E-state index contributed by atoms with van der Waals surface area (Å²) in [4.78, 5) is 0. The molecule has 0 aromatic carbocycles. The van der Waals surface area contributed by atoms with Crippen LogP contribution < -0.4 is 0 Å². The Hall–Kier alpha value is 0. The summed E-state index contributed by atoms with van der Waals surface area (Å²) in [7, 11) is 0. The van der Waals surface area contributed by atoms with Crippen LogP contribution in [-0.4, -0.2) is 0 Å². The molecule has 0 N–H and O–H groups in total. The SMILES string of the molecule is CCC(C)(CC)C1C(C)C1C. The van der Waals surface area contributed by atoms with Crippen LogP contribution in [0.2, 0.25) is 0 Å². The van der Waals surface area contributed by atoms with E-state index in [4.69, 9.17) is 0 Å². The minimum absolute atomic E-state index is 0.638. The molecular formula is C11H22. The van der Waals surface area contributed by atoms with Gasteiger partial charge in [0.25, 0.3) is 0 Å². The molecule has 66 valence electrons. The van der Waals surface area contributed by atoms with E-state index in [1.807, 2.05) is 0 Å². The van der Waals surface area contributed by atoms with Crippen molar-refractivity contribution in [2.75, 3.05) is 0 Å². The molecule has 11 heavy (non-hydrogen) atoms. The molecule has 2 atom stereocenters. The predicted octanol–water partition coefficient (Wildman–Crippen LogP) is 3.71. The zero-order valence-corrected chi connectivity index (χ0v) is 8.65. The Balaban J connectivity index is 2.58. The topological polar surface area (TPSA) is 0 Å². The van der Waals surface area contributed by atoms with Crippen molar-refractivity contribution >= 4 is 0 Å². The Bertz CT molecular complexity index is 125. The normalized spacial score (nSPS) is 37.4. The van der Waals surface area contributed by atoms with Crippen molar-refractivity contribution in [1.29, 1.82) is 0 Å². The highest BCUT2D eigenvalue weighted by atomic mass is 14.6. The second kappa shape index (κ2) is 2.80. The van der Waals surface area contributed by atoms with Gasteiger partial charge in [0.2, 0.25) is 0 Å². The van der Waals surface area contributed by atoms with Crippen LogP contribution >= 0.6 is 0 Å². The minimum Gasteiger partial charge on any atom is -0.0649 e. The van der Waals surface area contributed by atoms with Gasteiger partial charge in [-0.2, -0.15) is 0 Å². The van der Waals surface area contributed by atoms with E-state index in [0.717, 1.165) is 17.8 Å². The van der Waals surface area contributed by atoms with Crippen molar-refractivity contribution in [2.45, 2.75) is 47.5 Å². The van der Waals surface area contributed by atoms with Gasteiger partial charge in [-0.15, -0.1) is 0 Å². The highest BCUT2D eigenvalue weighted by molar-refractivity contribution is 5.00. The maximum Gasteiger partial charge on any atom is -0.0297 e. The molecule has 0 spiro atoms. The van der Waals surface area contributed by atoms with Gasteiger partial charge >= 0.3 is 0 Å². The van der Waals surface area contributed by atoms with E-state index < -0.39 is 0 Å². The minimum atomic E-state index is 0.638. The zero-order chi connectivity index (χ0) is 8.65. The van der Waals surface area contributed by atoms with Gasteiger partial charge in [0.15, 0.2) is 0 Å². The van der Waals surface area contributed by atoms with Crippen molar-refractivity contribution in [3.63, 3.8) is 0 Å². The van der Waals surface area contributed by atoms with Gasteiger partial charge in [-0.05, 0) is 23.2 Å². The van der Waals surface area contributed by atoms with Crippen LogP contribution in [0, 0.1) is 23.2 Å². The van der Waals surface area contributed by atoms with E-state index in [9.17, 15) is 0 Å². The van der Waals surface area contributed by atoms with E-state index in [2.05, 4.69) is 34.6 Å². The van der Waals surface area contributed by atoms with Crippen molar-refractivity contribution in [3.05, 3.63) is 0 Å². The summed E-state index contributed by atoms with van der Waals surface area (Å²) in [5.41, 5.74) is 0.638. The van der Waals surface area contributed by atoms with Gasteiger partial charge in [-0.3, -0.25) is 0 Å². The van der Waals surface area contributed by atoms with E-state index in [1.165, 1.54) is 12.8 Å². The molecule has 0 heteroatoms. The lowest BCUT2D eigenvalue weighted by Gasteiger charge is -2.27. The molecule has 0 amide bonds. The Morgan fingerprint density at radius 1 is 1.00 bits per heavy atom. The molecule has 0 aliphatic heterocycles. The van der Waals surface area contributed by atoms with Crippen LogP contribution in [0.25, 0.3) is 0 Å². The fourth-order valence-electron chi connectivity index (χ4n) is 2.65. The van der Waals surface area contributed by atoms with E-state index >= 15 is 0 Å². The highest BCUT2D eigenvalue weighted by Gasteiger charge is 2.51. The lowest BCUT2D eigenvalue weighted by Crippen LogP contribution is -2.18.